The van der Waals surface area contributed by atoms with E-state index in [0.29, 0.717) is 0 Å². The van der Waals surface area contributed by atoms with Crippen LogP contribution in [0.5, 0.6) is 0 Å². The predicted octanol–water partition coefficient (Wildman–Crippen LogP) is 2.71. The number of imidazole rings is 1. The van der Waals surface area contributed by atoms with Gasteiger partial charge < -0.3 is 4.57 Å². The zero-order chi connectivity index (χ0) is 9.68. The molecule has 0 saturated heterocycles. The Kier molecular flexibility index (Phi) is 3.50. The summed E-state index contributed by atoms with van der Waals surface area (Å²) in [5.41, 5.74) is 2.51. The van der Waals surface area contributed by atoms with E-state index in [1.165, 1.54) is 11.3 Å². The molecule has 0 fully saturated rings. The summed E-state index contributed by atoms with van der Waals surface area (Å²) in [6, 6.07) is 0. The molecule has 0 radical (unpaired) electrons. The van der Waals surface area contributed by atoms with Gasteiger partial charge in [0.15, 0.2) is 0 Å². The summed E-state index contributed by atoms with van der Waals surface area (Å²) in [4.78, 5) is 4.08. The van der Waals surface area contributed by atoms with Crippen molar-refractivity contribution in [1.82, 2.24) is 9.55 Å². The molecule has 0 aliphatic rings. The molecule has 0 atom stereocenters. The first-order valence-corrected chi connectivity index (χ1v) is 4.52. The van der Waals surface area contributed by atoms with E-state index in [1.54, 1.807) is 0 Å². The van der Waals surface area contributed by atoms with Crippen LogP contribution in [-0.2, 0) is 6.54 Å². The quantitative estimate of drug-likeness (QED) is 0.647. The van der Waals surface area contributed by atoms with Gasteiger partial charge in [0, 0.05) is 18.4 Å². The molecule has 2 heteroatoms. The monoisotopic (exact) mass is 176 g/mol. The fraction of sp³-hybridized carbons (Fsp3) is 0.364. The van der Waals surface area contributed by atoms with E-state index in [0.717, 1.165) is 6.54 Å². The molecule has 0 aliphatic carbocycles. The van der Waals surface area contributed by atoms with E-state index in [-0.39, 0.29) is 0 Å². The van der Waals surface area contributed by atoms with Gasteiger partial charge in [-0.3, -0.25) is 0 Å². The van der Waals surface area contributed by atoms with Crippen molar-refractivity contribution in [3.63, 3.8) is 0 Å². The van der Waals surface area contributed by atoms with E-state index < -0.39 is 0 Å². The molecule has 0 N–H and O–H groups in total. The van der Waals surface area contributed by atoms with Crippen molar-refractivity contribution >= 4 is 0 Å². The molecule has 0 aliphatic heterocycles. The normalized spacial score (nSPS) is 12.7. The Morgan fingerprint density at radius 2 is 2.31 bits per heavy atom. The molecule has 1 rings (SSSR count). The largest absolute Gasteiger partial charge is 0.330 e. The number of aryl methyl sites for hydroxylation is 1. The van der Waals surface area contributed by atoms with Crippen LogP contribution in [0.15, 0.2) is 36.3 Å². The summed E-state index contributed by atoms with van der Waals surface area (Å²) in [6.07, 6.45) is 10.0. The highest BCUT2D eigenvalue weighted by atomic mass is 15.0. The standard InChI is InChI=1S/C11H16N2/c1-4-6-11(5-2)8-13-9-12-7-10(13)3/h4-7,9H,8H2,1-3H3/b6-4-,11-5+. The molecule has 1 heterocycles. The van der Waals surface area contributed by atoms with Crippen LogP contribution in [-0.4, -0.2) is 9.55 Å². The smallest absolute Gasteiger partial charge is 0.0951 e. The Morgan fingerprint density at radius 3 is 2.77 bits per heavy atom. The molecule has 0 saturated carbocycles. The topological polar surface area (TPSA) is 17.8 Å². The highest BCUT2D eigenvalue weighted by molar-refractivity contribution is 5.18. The summed E-state index contributed by atoms with van der Waals surface area (Å²) >= 11 is 0. The van der Waals surface area contributed by atoms with Gasteiger partial charge in [0.25, 0.3) is 0 Å². The SMILES string of the molecule is C/C=C\C(=C/C)Cn1cncc1C. The van der Waals surface area contributed by atoms with Gasteiger partial charge >= 0.3 is 0 Å². The summed E-state index contributed by atoms with van der Waals surface area (Å²) in [7, 11) is 0. The second-order valence-electron chi connectivity index (χ2n) is 3.03. The number of aromatic nitrogens is 2. The Balaban J connectivity index is 2.73. The van der Waals surface area contributed by atoms with E-state index in [9.17, 15) is 0 Å². The molecule has 0 unspecified atom stereocenters. The van der Waals surface area contributed by atoms with Crippen molar-refractivity contribution in [2.24, 2.45) is 0 Å². The maximum atomic E-state index is 4.08. The van der Waals surface area contributed by atoms with Gasteiger partial charge in [-0.2, -0.15) is 0 Å². The van der Waals surface area contributed by atoms with Gasteiger partial charge in [0.1, 0.15) is 0 Å². The molecule has 0 aromatic carbocycles. The first kappa shape index (κ1) is 9.78. The van der Waals surface area contributed by atoms with Crippen LogP contribution in [0.25, 0.3) is 0 Å². The van der Waals surface area contributed by atoms with Crippen LogP contribution in [0.3, 0.4) is 0 Å². The number of allylic oxidation sites excluding steroid dienone is 4. The third-order valence-electron chi connectivity index (χ3n) is 2.02. The molecule has 0 spiro atoms. The molecule has 70 valence electrons. The second kappa shape index (κ2) is 4.65. The van der Waals surface area contributed by atoms with Gasteiger partial charge in [-0.05, 0) is 26.3 Å². The number of nitrogens with zero attached hydrogens (tertiary/aromatic N) is 2. The van der Waals surface area contributed by atoms with Gasteiger partial charge in [-0.1, -0.05) is 18.2 Å². The average molecular weight is 176 g/mol. The zero-order valence-electron chi connectivity index (χ0n) is 8.49. The molecule has 2 nitrogen and oxygen atoms in total. The molecule has 13 heavy (non-hydrogen) atoms. The van der Waals surface area contributed by atoms with Crippen LogP contribution >= 0.6 is 0 Å². The van der Waals surface area contributed by atoms with Crippen molar-refractivity contribution in [3.8, 4) is 0 Å². The highest BCUT2D eigenvalue weighted by Gasteiger charge is 1.96. The minimum Gasteiger partial charge on any atom is -0.330 e. The van der Waals surface area contributed by atoms with Gasteiger partial charge in [-0.15, -0.1) is 0 Å². The number of hydrogen-bond donors (Lipinski definition) is 0. The maximum absolute atomic E-state index is 4.08. The van der Waals surface area contributed by atoms with Crippen molar-refractivity contribution in [2.75, 3.05) is 0 Å². The van der Waals surface area contributed by atoms with Crippen LogP contribution in [0.1, 0.15) is 19.5 Å². The summed E-state index contributed by atoms with van der Waals surface area (Å²) in [6.45, 7) is 7.06. The fourth-order valence-corrected chi connectivity index (χ4v) is 1.20. The highest BCUT2D eigenvalue weighted by Crippen LogP contribution is 2.04. The van der Waals surface area contributed by atoms with E-state index in [4.69, 9.17) is 0 Å². The Bertz CT molecular complexity index is 319. The van der Waals surface area contributed by atoms with Crippen molar-refractivity contribution in [1.29, 1.82) is 0 Å². The van der Waals surface area contributed by atoms with Crippen LogP contribution in [0.4, 0.5) is 0 Å². The molecule has 0 amide bonds. The van der Waals surface area contributed by atoms with Gasteiger partial charge in [0.05, 0.1) is 6.33 Å². The van der Waals surface area contributed by atoms with E-state index in [2.05, 4.69) is 41.6 Å². The summed E-state index contributed by atoms with van der Waals surface area (Å²) in [5, 5.41) is 0. The number of hydrogen-bond acceptors (Lipinski definition) is 1. The molecule has 0 bridgehead atoms. The zero-order valence-corrected chi connectivity index (χ0v) is 8.49. The van der Waals surface area contributed by atoms with Crippen LogP contribution < -0.4 is 0 Å². The Hall–Kier alpha value is -1.31. The lowest BCUT2D eigenvalue weighted by atomic mass is 10.2. The lowest BCUT2D eigenvalue weighted by molar-refractivity contribution is 0.768. The van der Waals surface area contributed by atoms with E-state index in [1.807, 2.05) is 19.4 Å². The summed E-state index contributed by atoms with van der Waals surface area (Å²) < 4.78 is 2.13. The van der Waals surface area contributed by atoms with Crippen LogP contribution in [0.2, 0.25) is 0 Å². The lowest BCUT2D eigenvalue weighted by Gasteiger charge is -2.04. The average Bonchev–Trinajstić information content (AvgIpc) is 2.51. The molecule has 1 aromatic rings. The molecule has 1 aromatic heterocycles. The first-order chi connectivity index (χ1) is 6.27. The minimum absolute atomic E-state index is 0.909. The molecular weight excluding hydrogens is 160 g/mol. The number of rotatable bonds is 3. The maximum Gasteiger partial charge on any atom is 0.0951 e. The van der Waals surface area contributed by atoms with E-state index >= 15 is 0 Å². The van der Waals surface area contributed by atoms with Crippen molar-refractivity contribution in [3.05, 3.63) is 42.0 Å². The molecular formula is C11H16N2. The fourth-order valence-electron chi connectivity index (χ4n) is 1.20. The third kappa shape index (κ3) is 2.58. The van der Waals surface area contributed by atoms with Gasteiger partial charge in [0.2, 0.25) is 0 Å². The Morgan fingerprint density at radius 1 is 1.54 bits per heavy atom. The van der Waals surface area contributed by atoms with Crippen molar-refractivity contribution in [2.45, 2.75) is 27.3 Å². The third-order valence-corrected chi connectivity index (χ3v) is 2.02. The second-order valence-corrected chi connectivity index (χ2v) is 3.03. The Labute approximate surface area is 79.6 Å². The summed E-state index contributed by atoms with van der Waals surface area (Å²) in [5.74, 6) is 0. The lowest BCUT2D eigenvalue weighted by Crippen LogP contribution is -1.99. The first-order valence-electron chi connectivity index (χ1n) is 4.52. The predicted molar refractivity (Wildman–Crippen MR) is 55.5 cm³/mol. The minimum atomic E-state index is 0.909. The van der Waals surface area contributed by atoms with Gasteiger partial charge in [-0.25, -0.2) is 4.98 Å². The van der Waals surface area contributed by atoms with Crippen molar-refractivity contribution < 1.29 is 0 Å². The van der Waals surface area contributed by atoms with Crippen LogP contribution in [0, 0.1) is 6.92 Å².